The zero-order valence-electron chi connectivity index (χ0n) is 15.4. The lowest BCUT2D eigenvalue weighted by Gasteiger charge is -2.56. The molecule has 7 atom stereocenters. The third-order valence-corrected chi connectivity index (χ3v) is 6.12. The summed E-state index contributed by atoms with van der Waals surface area (Å²) in [5, 5.41) is 21.8. The van der Waals surface area contributed by atoms with E-state index in [4.69, 9.17) is 9.47 Å². The van der Waals surface area contributed by atoms with Crippen LogP contribution in [0.15, 0.2) is 36.0 Å². The van der Waals surface area contributed by atoms with Gasteiger partial charge in [-0.05, 0) is 26.7 Å². The summed E-state index contributed by atoms with van der Waals surface area (Å²) in [6, 6.07) is 0. The number of aliphatic hydroxyl groups excluding tert-OH is 2. The number of allylic oxidation sites excluding steroid dienone is 1. The minimum absolute atomic E-state index is 0.180. The van der Waals surface area contributed by atoms with Gasteiger partial charge in [0.05, 0.1) is 12.0 Å². The predicted molar refractivity (Wildman–Crippen MR) is 93.8 cm³/mol. The number of rotatable bonds is 2. The van der Waals surface area contributed by atoms with Gasteiger partial charge in [-0.3, -0.25) is 0 Å². The van der Waals surface area contributed by atoms with Crippen LogP contribution in [0.3, 0.4) is 0 Å². The van der Waals surface area contributed by atoms with E-state index in [1.807, 2.05) is 0 Å². The van der Waals surface area contributed by atoms with Crippen LogP contribution in [0.25, 0.3) is 0 Å². The van der Waals surface area contributed by atoms with Crippen molar-refractivity contribution in [2.75, 3.05) is 0 Å². The zero-order chi connectivity index (χ0) is 19.4. The number of carbonyl (C=O) groups is 2. The van der Waals surface area contributed by atoms with Crippen molar-refractivity contribution in [1.29, 1.82) is 0 Å². The maximum absolute atomic E-state index is 12.2. The number of esters is 2. The Hall–Kier alpha value is -1.92. The second-order valence-corrected chi connectivity index (χ2v) is 8.05. The molecule has 2 aliphatic carbocycles. The first-order valence-electron chi connectivity index (χ1n) is 8.88. The number of ether oxygens (including phenoxy) is 2. The monoisotopic (exact) mass is 362 g/mol. The van der Waals surface area contributed by atoms with Crippen molar-refractivity contribution in [2.45, 2.75) is 58.0 Å². The molecule has 0 aromatic heterocycles. The molecule has 0 bridgehead atoms. The second-order valence-electron chi connectivity index (χ2n) is 8.05. The summed E-state index contributed by atoms with van der Waals surface area (Å²) in [5.41, 5.74) is 0.726. The van der Waals surface area contributed by atoms with Crippen molar-refractivity contribution in [3.8, 4) is 0 Å². The Morgan fingerprint density at radius 3 is 2.62 bits per heavy atom. The summed E-state index contributed by atoms with van der Waals surface area (Å²) in [7, 11) is 0. The van der Waals surface area contributed by atoms with E-state index in [2.05, 4.69) is 13.2 Å². The molecule has 0 amide bonds. The van der Waals surface area contributed by atoms with Crippen LogP contribution in [0, 0.1) is 17.3 Å². The molecule has 7 unspecified atom stereocenters. The van der Waals surface area contributed by atoms with Gasteiger partial charge >= 0.3 is 11.9 Å². The average molecular weight is 362 g/mol. The van der Waals surface area contributed by atoms with Crippen LogP contribution in [-0.4, -0.2) is 46.6 Å². The molecule has 142 valence electrons. The molecule has 6 nitrogen and oxygen atoms in total. The predicted octanol–water partition coefficient (Wildman–Crippen LogP) is 1.67. The molecule has 1 aliphatic heterocycles. The molecule has 0 aromatic rings. The number of hydrogen-bond donors (Lipinski definition) is 2. The van der Waals surface area contributed by atoms with Crippen LogP contribution < -0.4 is 0 Å². The fraction of sp³-hybridized carbons (Fsp3) is 0.600. The molecule has 3 aliphatic rings. The molecule has 1 saturated heterocycles. The van der Waals surface area contributed by atoms with E-state index in [9.17, 15) is 19.8 Å². The lowest BCUT2D eigenvalue weighted by Crippen LogP contribution is -2.66. The third kappa shape index (κ3) is 2.63. The highest BCUT2D eigenvalue weighted by atomic mass is 16.6. The molecule has 3 rings (SSSR count). The minimum atomic E-state index is -1.18. The van der Waals surface area contributed by atoms with Gasteiger partial charge in [-0.1, -0.05) is 31.2 Å². The van der Waals surface area contributed by atoms with E-state index in [1.165, 1.54) is 6.08 Å². The highest BCUT2D eigenvalue weighted by Gasteiger charge is 2.66. The first-order chi connectivity index (χ1) is 12.1. The highest BCUT2D eigenvalue weighted by Crippen LogP contribution is 2.57. The van der Waals surface area contributed by atoms with Crippen molar-refractivity contribution in [2.24, 2.45) is 17.3 Å². The van der Waals surface area contributed by atoms with Gasteiger partial charge in [0.2, 0.25) is 0 Å². The van der Waals surface area contributed by atoms with Crippen LogP contribution in [0.2, 0.25) is 0 Å². The summed E-state index contributed by atoms with van der Waals surface area (Å²) in [5.74, 6) is -2.25. The first-order valence-corrected chi connectivity index (χ1v) is 8.88. The van der Waals surface area contributed by atoms with Gasteiger partial charge in [0, 0.05) is 23.0 Å². The Labute approximate surface area is 153 Å². The largest absolute Gasteiger partial charge is 0.458 e. The summed E-state index contributed by atoms with van der Waals surface area (Å²) in [4.78, 5) is 24.4. The van der Waals surface area contributed by atoms with Gasteiger partial charge in [0.15, 0.2) is 0 Å². The average Bonchev–Trinajstić information content (AvgIpc) is 2.82. The van der Waals surface area contributed by atoms with Crippen molar-refractivity contribution >= 4 is 11.9 Å². The van der Waals surface area contributed by atoms with Gasteiger partial charge in [0.1, 0.15) is 18.3 Å². The van der Waals surface area contributed by atoms with E-state index in [1.54, 1.807) is 20.8 Å². The third-order valence-electron chi connectivity index (χ3n) is 6.12. The Morgan fingerprint density at radius 2 is 2.00 bits per heavy atom. The van der Waals surface area contributed by atoms with Crippen molar-refractivity contribution in [1.82, 2.24) is 0 Å². The number of carbonyl (C=O) groups excluding carboxylic acids is 2. The molecular formula is C20H26O6. The maximum atomic E-state index is 12.2. The number of aliphatic hydroxyl groups is 2. The van der Waals surface area contributed by atoms with Crippen LogP contribution in [-0.2, 0) is 19.1 Å². The fourth-order valence-electron chi connectivity index (χ4n) is 4.76. The van der Waals surface area contributed by atoms with Crippen LogP contribution in [0.5, 0.6) is 0 Å². The molecule has 0 radical (unpaired) electrons. The summed E-state index contributed by atoms with van der Waals surface area (Å²) >= 11 is 0. The van der Waals surface area contributed by atoms with Crippen LogP contribution in [0.4, 0.5) is 0 Å². The summed E-state index contributed by atoms with van der Waals surface area (Å²) in [6.07, 6.45) is -1.33. The van der Waals surface area contributed by atoms with E-state index in [-0.39, 0.29) is 5.57 Å². The van der Waals surface area contributed by atoms with Crippen molar-refractivity contribution in [3.63, 3.8) is 0 Å². The zero-order valence-corrected chi connectivity index (χ0v) is 15.4. The Balaban J connectivity index is 2.05. The molecule has 1 heterocycles. The molecule has 26 heavy (non-hydrogen) atoms. The molecule has 3 fully saturated rings. The molecule has 6 heteroatoms. The quantitative estimate of drug-likeness (QED) is 0.441. The topological polar surface area (TPSA) is 93.1 Å². The minimum Gasteiger partial charge on any atom is -0.458 e. The normalized spacial score (nSPS) is 41.8. The standard InChI is InChI=1S/C20H26O6/c1-9(2)8-13(22)25-17-14-11(4)19(24)26-16(14)15-10(3)6-7-12(21)20(15,5)18(17)23/h8,12,14-18,21,23H,3-4,6-7H2,1-2,5H3. The number of hydrogen-bond acceptors (Lipinski definition) is 6. The number of fused-ring (bicyclic) bond motifs is 3. The Bertz CT molecular complexity index is 703. The Kier molecular flexibility index (Phi) is 4.61. The van der Waals surface area contributed by atoms with E-state index in [0.717, 1.165) is 11.1 Å². The first kappa shape index (κ1) is 18.9. The Morgan fingerprint density at radius 1 is 1.35 bits per heavy atom. The van der Waals surface area contributed by atoms with E-state index in [0.29, 0.717) is 12.8 Å². The molecule has 0 spiro atoms. The van der Waals surface area contributed by atoms with Crippen molar-refractivity contribution in [3.05, 3.63) is 36.0 Å². The summed E-state index contributed by atoms with van der Waals surface area (Å²) < 4.78 is 11.1. The molecule has 2 N–H and O–H groups in total. The lowest BCUT2D eigenvalue weighted by molar-refractivity contribution is -0.220. The molecular weight excluding hydrogens is 336 g/mol. The van der Waals surface area contributed by atoms with Gasteiger partial charge in [0.25, 0.3) is 0 Å². The SMILES string of the molecule is C=C1C(=O)OC2C1C(OC(=O)C=C(C)C)C(O)C1(C)C(O)CCC(=C)C21. The van der Waals surface area contributed by atoms with Gasteiger partial charge < -0.3 is 19.7 Å². The summed E-state index contributed by atoms with van der Waals surface area (Å²) in [6.45, 7) is 13.1. The van der Waals surface area contributed by atoms with Gasteiger partial charge in [-0.25, -0.2) is 9.59 Å². The van der Waals surface area contributed by atoms with Gasteiger partial charge in [-0.15, -0.1) is 0 Å². The second kappa shape index (κ2) is 6.35. The lowest BCUT2D eigenvalue weighted by atomic mass is 9.52. The highest BCUT2D eigenvalue weighted by molar-refractivity contribution is 5.91. The van der Waals surface area contributed by atoms with Crippen LogP contribution in [0.1, 0.15) is 33.6 Å². The molecule has 0 aromatic carbocycles. The van der Waals surface area contributed by atoms with Gasteiger partial charge in [-0.2, -0.15) is 0 Å². The smallest absolute Gasteiger partial charge is 0.334 e. The van der Waals surface area contributed by atoms with Crippen LogP contribution >= 0.6 is 0 Å². The van der Waals surface area contributed by atoms with E-state index < -0.39 is 53.6 Å². The molecule has 2 saturated carbocycles. The van der Waals surface area contributed by atoms with Crippen molar-refractivity contribution < 1.29 is 29.3 Å². The maximum Gasteiger partial charge on any atom is 0.334 e. The fourth-order valence-corrected chi connectivity index (χ4v) is 4.76. The van der Waals surface area contributed by atoms with E-state index >= 15 is 0 Å².